The zero-order valence-corrected chi connectivity index (χ0v) is 9.41. The van der Waals surface area contributed by atoms with Crippen molar-refractivity contribution >= 4 is 0 Å². The van der Waals surface area contributed by atoms with Gasteiger partial charge in [0.05, 0.1) is 0 Å². The third-order valence-corrected chi connectivity index (χ3v) is 2.20. The standard InChI is InChI=1S/C11H25N/c1-6-9-12-11(4,5)8-7-10(2)3/h10,12H,6-9H2,1-5H3. The van der Waals surface area contributed by atoms with Crippen molar-refractivity contribution in [3.05, 3.63) is 0 Å². The molecular weight excluding hydrogens is 146 g/mol. The molecule has 1 nitrogen and oxygen atoms in total. The van der Waals surface area contributed by atoms with Crippen LogP contribution in [0.5, 0.6) is 0 Å². The minimum atomic E-state index is 0.334. The Morgan fingerprint density at radius 3 is 2.25 bits per heavy atom. The molecule has 0 saturated heterocycles. The predicted molar refractivity (Wildman–Crippen MR) is 56.4 cm³/mol. The molecule has 0 heterocycles. The molecule has 0 aliphatic heterocycles. The molecule has 0 aromatic heterocycles. The van der Waals surface area contributed by atoms with E-state index in [-0.39, 0.29) is 0 Å². The van der Waals surface area contributed by atoms with E-state index in [1.165, 1.54) is 19.3 Å². The Balaban J connectivity index is 3.56. The molecule has 0 fully saturated rings. The van der Waals surface area contributed by atoms with E-state index in [2.05, 4.69) is 39.9 Å². The van der Waals surface area contributed by atoms with Crippen LogP contribution in [-0.4, -0.2) is 12.1 Å². The van der Waals surface area contributed by atoms with Gasteiger partial charge in [0.25, 0.3) is 0 Å². The molecular formula is C11H25N. The molecule has 0 aliphatic rings. The maximum atomic E-state index is 3.56. The van der Waals surface area contributed by atoms with Crippen molar-refractivity contribution in [2.75, 3.05) is 6.54 Å². The first-order chi connectivity index (χ1) is 5.48. The lowest BCUT2D eigenvalue weighted by Gasteiger charge is -2.27. The molecule has 1 N–H and O–H groups in total. The van der Waals surface area contributed by atoms with Gasteiger partial charge in [-0.15, -0.1) is 0 Å². The highest BCUT2D eigenvalue weighted by Gasteiger charge is 2.15. The predicted octanol–water partition coefficient (Wildman–Crippen LogP) is 3.20. The maximum absolute atomic E-state index is 3.56. The highest BCUT2D eigenvalue weighted by molar-refractivity contribution is 4.77. The summed E-state index contributed by atoms with van der Waals surface area (Å²) in [6.45, 7) is 12.5. The third-order valence-electron chi connectivity index (χ3n) is 2.20. The molecule has 0 spiro atoms. The van der Waals surface area contributed by atoms with E-state index in [9.17, 15) is 0 Å². The van der Waals surface area contributed by atoms with Gasteiger partial charge in [0.1, 0.15) is 0 Å². The van der Waals surface area contributed by atoms with Crippen LogP contribution in [0.15, 0.2) is 0 Å². The fourth-order valence-corrected chi connectivity index (χ4v) is 1.20. The Morgan fingerprint density at radius 2 is 1.83 bits per heavy atom. The van der Waals surface area contributed by atoms with Gasteiger partial charge in [-0.05, 0) is 45.6 Å². The molecule has 12 heavy (non-hydrogen) atoms. The molecule has 0 aromatic rings. The van der Waals surface area contributed by atoms with E-state index < -0.39 is 0 Å². The Hall–Kier alpha value is -0.0400. The second kappa shape index (κ2) is 5.58. The molecule has 0 amide bonds. The Kier molecular flexibility index (Phi) is 5.56. The van der Waals surface area contributed by atoms with Gasteiger partial charge >= 0.3 is 0 Å². The molecule has 0 radical (unpaired) electrons. The van der Waals surface area contributed by atoms with Crippen molar-refractivity contribution in [1.29, 1.82) is 0 Å². The molecule has 0 rings (SSSR count). The summed E-state index contributed by atoms with van der Waals surface area (Å²) in [4.78, 5) is 0. The smallest absolute Gasteiger partial charge is 0.0125 e. The zero-order chi connectivity index (χ0) is 9.61. The fourth-order valence-electron chi connectivity index (χ4n) is 1.20. The van der Waals surface area contributed by atoms with Crippen molar-refractivity contribution in [1.82, 2.24) is 5.32 Å². The van der Waals surface area contributed by atoms with Gasteiger partial charge in [-0.3, -0.25) is 0 Å². The van der Waals surface area contributed by atoms with Gasteiger partial charge in [0.2, 0.25) is 0 Å². The molecule has 74 valence electrons. The van der Waals surface area contributed by atoms with E-state index in [1.54, 1.807) is 0 Å². The van der Waals surface area contributed by atoms with E-state index in [0.29, 0.717) is 5.54 Å². The van der Waals surface area contributed by atoms with Crippen LogP contribution >= 0.6 is 0 Å². The molecule has 0 aliphatic carbocycles. The first-order valence-electron chi connectivity index (χ1n) is 5.23. The van der Waals surface area contributed by atoms with Gasteiger partial charge in [-0.25, -0.2) is 0 Å². The summed E-state index contributed by atoms with van der Waals surface area (Å²) in [7, 11) is 0. The first kappa shape index (κ1) is 12.0. The Bertz CT molecular complexity index is 106. The third kappa shape index (κ3) is 6.66. The van der Waals surface area contributed by atoms with E-state index >= 15 is 0 Å². The molecule has 0 bridgehead atoms. The molecule has 0 atom stereocenters. The van der Waals surface area contributed by atoms with Crippen molar-refractivity contribution in [2.24, 2.45) is 5.92 Å². The van der Waals surface area contributed by atoms with Crippen LogP contribution in [0.1, 0.15) is 53.9 Å². The summed E-state index contributed by atoms with van der Waals surface area (Å²) in [5, 5.41) is 3.56. The lowest BCUT2D eigenvalue weighted by Crippen LogP contribution is -2.39. The van der Waals surface area contributed by atoms with Gasteiger partial charge in [0.15, 0.2) is 0 Å². The van der Waals surface area contributed by atoms with Crippen LogP contribution in [-0.2, 0) is 0 Å². The monoisotopic (exact) mass is 171 g/mol. The number of hydrogen-bond acceptors (Lipinski definition) is 1. The lowest BCUT2D eigenvalue weighted by molar-refractivity contribution is 0.333. The Labute approximate surface area is 77.9 Å². The van der Waals surface area contributed by atoms with Gasteiger partial charge in [0, 0.05) is 5.54 Å². The minimum Gasteiger partial charge on any atom is -0.312 e. The molecule has 0 unspecified atom stereocenters. The fraction of sp³-hybridized carbons (Fsp3) is 1.00. The lowest BCUT2D eigenvalue weighted by atomic mass is 9.94. The van der Waals surface area contributed by atoms with E-state index in [0.717, 1.165) is 12.5 Å². The van der Waals surface area contributed by atoms with Gasteiger partial charge < -0.3 is 5.32 Å². The first-order valence-corrected chi connectivity index (χ1v) is 5.23. The largest absolute Gasteiger partial charge is 0.312 e. The van der Waals surface area contributed by atoms with Crippen LogP contribution in [0.2, 0.25) is 0 Å². The summed E-state index contributed by atoms with van der Waals surface area (Å²) < 4.78 is 0. The van der Waals surface area contributed by atoms with E-state index in [1.807, 2.05) is 0 Å². The molecule has 0 saturated carbocycles. The average Bonchev–Trinajstić information content (AvgIpc) is 1.98. The SMILES string of the molecule is CCCNC(C)(C)CCC(C)C. The van der Waals surface area contributed by atoms with Crippen molar-refractivity contribution in [3.8, 4) is 0 Å². The summed E-state index contributed by atoms with van der Waals surface area (Å²) in [6, 6.07) is 0. The second-order valence-electron chi connectivity index (χ2n) is 4.74. The number of nitrogens with one attached hydrogen (secondary N) is 1. The quantitative estimate of drug-likeness (QED) is 0.647. The normalized spacial score (nSPS) is 12.5. The average molecular weight is 171 g/mol. The summed E-state index contributed by atoms with van der Waals surface area (Å²) >= 11 is 0. The summed E-state index contributed by atoms with van der Waals surface area (Å²) in [5.41, 5.74) is 0.334. The van der Waals surface area contributed by atoms with Crippen molar-refractivity contribution in [3.63, 3.8) is 0 Å². The van der Waals surface area contributed by atoms with Crippen LogP contribution in [0.3, 0.4) is 0 Å². The van der Waals surface area contributed by atoms with Gasteiger partial charge in [-0.2, -0.15) is 0 Å². The van der Waals surface area contributed by atoms with Crippen molar-refractivity contribution < 1.29 is 0 Å². The number of hydrogen-bond donors (Lipinski definition) is 1. The Morgan fingerprint density at radius 1 is 1.25 bits per heavy atom. The summed E-state index contributed by atoms with van der Waals surface area (Å²) in [5.74, 6) is 0.827. The highest BCUT2D eigenvalue weighted by Crippen LogP contribution is 2.15. The van der Waals surface area contributed by atoms with Crippen LogP contribution in [0.4, 0.5) is 0 Å². The zero-order valence-electron chi connectivity index (χ0n) is 9.41. The van der Waals surface area contributed by atoms with Crippen LogP contribution < -0.4 is 5.32 Å². The van der Waals surface area contributed by atoms with Crippen LogP contribution in [0, 0.1) is 5.92 Å². The molecule has 0 aromatic carbocycles. The number of rotatable bonds is 6. The van der Waals surface area contributed by atoms with Crippen LogP contribution in [0.25, 0.3) is 0 Å². The van der Waals surface area contributed by atoms with E-state index in [4.69, 9.17) is 0 Å². The topological polar surface area (TPSA) is 12.0 Å². The molecule has 1 heteroatoms. The summed E-state index contributed by atoms with van der Waals surface area (Å²) in [6.07, 6.45) is 3.83. The second-order valence-corrected chi connectivity index (χ2v) is 4.74. The van der Waals surface area contributed by atoms with Gasteiger partial charge in [-0.1, -0.05) is 20.8 Å². The maximum Gasteiger partial charge on any atom is 0.0125 e. The van der Waals surface area contributed by atoms with Crippen molar-refractivity contribution in [2.45, 2.75) is 59.4 Å². The highest BCUT2D eigenvalue weighted by atomic mass is 14.9. The minimum absolute atomic E-state index is 0.334.